The van der Waals surface area contributed by atoms with Gasteiger partial charge in [0.2, 0.25) is 5.91 Å². The van der Waals surface area contributed by atoms with Crippen molar-refractivity contribution in [2.75, 3.05) is 22.8 Å². The first-order chi connectivity index (χ1) is 16.8. The summed E-state index contributed by atoms with van der Waals surface area (Å²) in [7, 11) is -3.93. The Morgan fingerprint density at radius 1 is 1.03 bits per heavy atom. The second kappa shape index (κ2) is 10.2. The molecule has 0 radical (unpaired) electrons. The lowest BCUT2D eigenvalue weighted by Crippen LogP contribution is -2.33. The van der Waals surface area contributed by atoms with Gasteiger partial charge < -0.3 is 14.8 Å². The van der Waals surface area contributed by atoms with Gasteiger partial charge in [-0.05, 0) is 55.5 Å². The van der Waals surface area contributed by atoms with Crippen molar-refractivity contribution in [2.45, 2.75) is 24.8 Å². The molecule has 9 nitrogen and oxygen atoms in total. The monoisotopic (exact) mass is 495 g/mol. The zero-order valence-electron chi connectivity index (χ0n) is 19.0. The molecule has 0 bridgehead atoms. The number of sulfonamides is 1. The van der Waals surface area contributed by atoms with Gasteiger partial charge in [0.15, 0.2) is 5.58 Å². The van der Waals surface area contributed by atoms with Crippen LogP contribution in [0.5, 0.6) is 0 Å². The fourth-order valence-electron chi connectivity index (χ4n) is 3.69. The fraction of sp³-hybridized carbons (Fsp3) is 0.200. The summed E-state index contributed by atoms with van der Waals surface area (Å²) in [6.45, 7) is 1.61. The Bertz CT molecular complexity index is 1490. The van der Waals surface area contributed by atoms with E-state index in [0.29, 0.717) is 22.5 Å². The van der Waals surface area contributed by atoms with Gasteiger partial charge in [-0.25, -0.2) is 13.2 Å². The average Bonchev–Trinajstić information content (AvgIpc) is 3.17. The van der Waals surface area contributed by atoms with Crippen LogP contribution in [0.2, 0.25) is 0 Å². The summed E-state index contributed by atoms with van der Waals surface area (Å²) < 4.78 is 34.1. The third-order valence-corrected chi connectivity index (χ3v) is 7.33. The molecule has 1 aromatic heterocycles. The summed E-state index contributed by atoms with van der Waals surface area (Å²) in [5, 5.41) is 12.1. The molecule has 1 amide bonds. The molecule has 0 spiro atoms. The SMILES string of the molecule is Cc1ccc(N(CCO)S(=O)(=O)c2ccc(NC(=O)CCn3c(=O)oc4ccccc43)cc2)cc1. The van der Waals surface area contributed by atoms with Crippen LogP contribution in [-0.4, -0.2) is 37.2 Å². The molecule has 10 heteroatoms. The van der Waals surface area contributed by atoms with E-state index < -0.39 is 15.8 Å². The molecule has 0 aliphatic heterocycles. The molecule has 4 rings (SSSR count). The smallest absolute Gasteiger partial charge is 0.408 e. The molecule has 2 N–H and O–H groups in total. The van der Waals surface area contributed by atoms with Gasteiger partial charge in [-0.3, -0.25) is 13.7 Å². The van der Waals surface area contributed by atoms with Crippen molar-refractivity contribution in [1.82, 2.24) is 4.57 Å². The van der Waals surface area contributed by atoms with Gasteiger partial charge in [0.1, 0.15) is 0 Å². The molecule has 0 saturated carbocycles. The minimum atomic E-state index is -3.93. The Kier molecular flexibility index (Phi) is 7.04. The molecule has 35 heavy (non-hydrogen) atoms. The zero-order valence-corrected chi connectivity index (χ0v) is 19.9. The molecular formula is C25H25N3O6S. The summed E-state index contributed by atoms with van der Waals surface area (Å²) in [6, 6.07) is 19.7. The fourth-order valence-corrected chi connectivity index (χ4v) is 5.15. The number of carbonyl (C=O) groups is 1. The Morgan fingerprint density at radius 2 is 1.71 bits per heavy atom. The number of fused-ring (bicyclic) bond motifs is 1. The second-order valence-electron chi connectivity index (χ2n) is 7.95. The van der Waals surface area contributed by atoms with Gasteiger partial charge in [-0.1, -0.05) is 29.8 Å². The first-order valence-electron chi connectivity index (χ1n) is 11.0. The number of oxazole rings is 1. The quantitative estimate of drug-likeness (QED) is 0.368. The van der Waals surface area contributed by atoms with Crippen molar-refractivity contribution in [3.05, 3.63) is 88.9 Å². The molecule has 0 fully saturated rings. The second-order valence-corrected chi connectivity index (χ2v) is 9.81. The molecule has 0 unspecified atom stereocenters. The third kappa shape index (κ3) is 5.28. The number of hydrogen-bond acceptors (Lipinski definition) is 6. The minimum absolute atomic E-state index is 0.0287. The summed E-state index contributed by atoms with van der Waals surface area (Å²) >= 11 is 0. The number of aromatic nitrogens is 1. The zero-order chi connectivity index (χ0) is 25.0. The predicted molar refractivity (Wildman–Crippen MR) is 133 cm³/mol. The van der Waals surface area contributed by atoms with E-state index in [1.807, 2.05) is 6.92 Å². The lowest BCUT2D eigenvalue weighted by atomic mass is 10.2. The van der Waals surface area contributed by atoms with E-state index in [2.05, 4.69) is 5.32 Å². The van der Waals surface area contributed by atoms with Gasteiger partial charge in [0.05, 0.1) is 29.3 Å². The molecule has 0 saturated heterocycles. The predicted octanol–water partition coefficient (Wildman–Crippen LogP) is 3.12. The van der Waals surface area contributed by atoms with Crippen LogP contribution in [0.4, 0.5) is 11.4 Å². The van der Waals surface area contributed by atoms with E-state index in [1.54, 1.807) is 48.5 Å². The number of benzene rings is 3. The maximum atomic E-state index is 13.2. The van der Waals surface area contributed by atoms with Crippen molar-refractivity contribution in [3.63, 3.8) is 0 Å². The molecule has 3 aromatic carbocycles. The first-order valence-corrected chi connectivity index (χ1v) is 12.4. The van der Waals surface area contributed by atoms with Gasteiger partial charge in [-0.15, -0.1) is 0 Å². The highest BCUT2D eigenvalue weighted by Crippen LogP contribution is 2.25. The standard InChI is InChI=1S/C25H25N3O6S/c1-18-6-10-20(11-7-18)28(16-17-29)35(32,33)21-12-8-19(9-13-21)26-24(30)14-15-27-22-4-2-3-5-23(22)34-25(27)31/h2-13,29H,14-17H2,1H3,(H,26,30). The molecule has 0 atom stereocenters. The number of hydrogen-bond donors (Lipinski definition) is 2. The Hall–Kier alpha value is -3.89. The molecule has 0 aliphatic carbocycles. The number of nitrogens with zero attached hydrogens (tertiary/aromatic N) is 2. The van der Waals surface area contributed by atoms with E-state index in [9.17, 15) is 23.1 Å². The van der Waals surface area contributed by atoms with Gasteiger partial charge >= 0.3 is 5.76 Å². The number of aliphatic hydroxyl groups is 1. The molecule has 0 aliphatic rings. The van der Waals surface area contributed by atoms with Crippen molar-refractivity contribution in [3.8, 4) is 0 Å². The lowest BCUT2D eigenvalue weighted by molar-refractivity contribution is -0.116. The van der Waals surface area contributed by atoms with E-state index in [1.165, 1.54) is 28.8 Å². The van der Waals surface area contributed by atoms with Crippen LogP contribution in [0.1, 0.15) is 12.0 Å². The molecule has 4 aromatic rings. The third-order valence-electron chi connectivity index (χ3n) is 5.49. The van der Waals surface area contributed by atoms with E-state index in [-0.39, 0.29) is 36.9 Å². The van der Waals surface area contributed by atoms with Crippen LogP contribution < -0.4 is 15.4 Å². The average molecular weight is 496 g/mol. The number of carbonyl (C=O) groups excluding carboxylic acids is 1. The van der Waals surface area contributed by atoms with Crippen molar-refractivity contribution in [1.29, 1.82) is 0 Å². The van der Waals surface area contributed by atoms with Crippen molar-refractivity contribution < 1.29 is 22.7 Å². The number of aliphatic hydroxyl groups excluding tert-OH is 1. The van der Waals surface area contributed by atoms with Crippen LogP contribution in [0.15, 0.2) is 86.9 Å². The summed E-state index contributed by atoms with van der Waals surface area (Å²) in [6.07, 6.45) is 0.0290. The summed E-state index contributed by atoms with van der Waals surface area (Å²) in [5.41, 5.74) is 2.92. The number of rotatable bonds is 9. The van der Waals surface area contributed by atoms with E-state index in [0.717, 1.165) is 9.87 Å². The van der Waals surface area contributed by atoms with Gasteiger partial charge in [0, 0.05) is 18.7 Å². The van der Waals surface area contributed by atoms with Crippen LogP contribution in [0, 0.1) is 6.92 Å². The maximum Gasteiger partial charge on any atom is 0.419 e. The van der Waals surface area contributed by atoms with E-state index in [4.69, 9.17) is 4.42 Å². The lowest BCUT2D eigenvalue weighted by Gasteiger charge is -2.24. The molecule has 1 heterocycles. The van der Waals surface area contributed by atoms with Gasteiger partial charge in [0.25, 0.3) is 10.0 Å². The number of anilines is 2. The summed E-state index contributed by atoms with van der Waals surface area (Å²) in [5.74, 6) is -0.867. The normalized spacial score (nSPS) is 11.5. The molecule has 182 valence electrons. The Labute approximate surface area is 202 Å². The highest BCUT2D eigenvalue weighted by atomic mass is 32.2. The first kappa shape index (κ1) is 24.2. The van der Waals surface area contributed by atoms with Crippen LogP contribution in [0.25, 0.3) is 11.1 Å². The van der Waals surface area contributed by atoms with E-state index >= 15 is 0 Å². The number of aryl methyl sites for hydroxylation is 2. The highest BCUT2D eigenvalue weighted by molar-refractivity contribution is 7.92. The van der Waals surface area contributed by atoms with Gasteiger partial charge in [-0.2, -0.15) is 0 Å². The molecular weight excluding hydrogens is 470 g/mol. The Balaban J connectivity index is 1.44. The number of para-hydroxylation sites is 2. The maximum absolute atomic E-state index is 13.2. The van der Waals surface area contributed by atoms with Crippen LogP contribution in [0.3, 0.4) is 0 Å². The number of nitrogens with one attached hydrogen (secondary N) is 1. The van der Waals surface area contributed by atoms with Crippen LogP contribution >= 0.6 is 0 Å². The highest BCUT2D eigenvalue weighted by Gasteiger charge is 2.24. The summed E-state index contributed by atoms with van der Waals surface area (Å²) in [4.78, 5) is 24.5. The van der Waals surface area contributed by atoms with Crippen molar-refractivity contribution >= 4 is 38.4 Å². The minimum Gasteiger partial charge on any atom is -0.408 e. The number of amides is 1. The van der Waals surface area contributed by atoms with Crippen LogP contribution in [-0.2, 0) is 21.4 Å². The topological polar surface area (TPSA) is 122 Å². The Morgan fingerprint density at radius 3 is 2.40 bits per heavy atom. The van der Waals surface area contributed by atoms with Crippen molar-refractivity contribution in [2.24, 2.45) is 0 Å². The largest absolute Gasteiger partial charge is 0.419 e.